The number of aryl methyl sites for hydroxylation is 1. The third-order valence-corrected chi connectivity index (χ3v) is 4.19. The summed E-state index contributed by atoms with van der Waals surface area (Å²) < 4.78 is 39.0. The van der Waals surface area contributed by atoms with Crippen LogP contribution in [-0.2, 0) is 16.5 Å². The maximum absolute atomic E-state index is 13.0. The number of halogens is 3. The highest BCUT2D eigenvalue weighted by Crippen LogP contribution is 2.33. The van der Waals surface area contributed by atoms with Crippen molar-refractivity contribution in [3.05, 3.63) is 34.9 Å². The molecule has 23 heavy (non-hydrogen) atoms. The van der Waals surface area contributed by atoms with Crippen molar-refractivity contribution in [3.63, 3.8) is 0 Å². The molecule has 0 unspecified atom stereocenters. The minimum absolute atomic E-state index is 0.162. The molecule has 2 rings (SSSR count). The van der Waals surface area contributed by atoms with E-state index in [1.165, 1.54) is 0 Å². The van der Waals surface area contributed by atoms with Crippen LogP contribution in [0.2, 0.25) is 0 Å². The molecule has 1 aromatic rings. The quantitative estimate of drug-likeness (QED) is 0.891. The number of piperidine rings is 1. The minimum atomic E-state index is -4.40. The monoisotopic (exact) mass is 328 g/mol. The molecule has 0 spiro atoms. The van der Waals surface area contributed by atoms with Gasteiger partial charge in [0.15, 0.2) is 0 Å². The Morgan fingerprint density at radius 3 is 2.39 bits per heavy atom. The van der Waals surface area contributed by atoms with Gasteiger partial charge in [0.25, 0.3) is 0 Å². The number of hydrogen-bond acceptors (Lipinski definition) is 2. The summed E-state index contributed by atoms with van der Waals surface area (Å²) in [5.41, 5.74) is -0.588. The van der Waals surface area contributed by atoms with Crippen LogP contribution in [0.15, 0.2) is 18.2 Å². The van der Waals surface area contributed by atoms with E-state index < -0.39 is 17.3 Å². The second-order valence-electron chi connectivity index (χ2n) is 6.70. The van der Waals surface area contributed by atoms with Gasteiger partial charge in [-0.1, -0.05) is 18.1 Å². The minimum Gasteiger partial charge on any atom is -0.346 e. The lowest BCUT2D eigenvalue weighted by Gasteiger charge is -2.31. The standard InChI is InChI=1S/C17H23F3N2O/c1-11-8-12(10-13(9-11)17(18,19)20)16(2,3)22-15(23)14-6-4-5-7-21-14/h8-10,14,21H,4-7H2,1-3H3,(H,22,23)/t14-/m1/s1. The number of rotatable bonds is 3. The molecule has 1 amide bonds. The summed E-state index contributed by atoms with van der Waals surface area (Å²) >= 11 is 0. The predicted octanol–water partition coefficient (Wildman–Crippen LogP) is 3.51. The predicted molar refractivity (Wildman–Crippen MR) is 83.0 cm³/mol. The Morgan fingerprint density at radius 1 is 1.17 bits per heavy atom. The van der Waals surface area contributed by atoms with Crippen molar-refractivity contribution < 1.29 is 18.0 Å². The van der Waals surface area contributed by atoms with Crippen molar-refractivity contribution >= 4 is 5.91 Å². The zero-order chi connectivity index (χ0) is 17.3. The zero-order valence-electron chi connectivity index (χ0n) is 13.7. The molecule has 1 aromatic carbocycles. The van der Waals surface area contributed by atoms with Gasteiger partial charge in [-0.15, -0.1) is 0 Å². The number of benzene rings is 1. The molecule has 0 aromatic heterocycles. The fourth-order valence-electron chi connectivity index (χ4n) is 2.85. The number of hydrogen-bond donors (Lipinski definition) is 2. The van der Waals surface area contributed by atoms with E-state index in [-0.39, 0.29) is 11.9 Å². The van der Waals surface area contributed by atoms with Crippen LogP contribution in [-0.4, -0.2) is 18.5 Å². The van der Waals surface area contributed by atoms with Gasteiger partial charge >= 0.3 is 6.18 Å². The number of alkyl halides is 3. The van der Waals surface area contributed by atoms with E-state index in [4.69, 9.17) is 0 Å². The van der Waals surface area contributed by atoms with E-state index in [0.717, 1.165) is 37.9 Å². The molecule has 1 fully saturated rings. The Bertz CT molecular complexity index is 576. The average Bonchev–Trinajstić information content (AvgIpc) is 2.46. The van der Waals surface area contributed by atoms with Crippen LogP contribution in [0.4, 0.5) is 13.2 Å². The molecule has 128 valence electrons. The maximum atomic E-state index is 13.0. The van der Waals surface area contributed by atoms with Gasteiger partial charge in [-0.2, -0.15) is 13.2 Å². The molecule has 0 bridgehead atoms. The molecule has 0 radical (unpaired) electrons. The molecule has 6 heteroatoms. The van der Waals surface area contributed by atoms with Crippen molar-refractivity contribution in [2.24, 2.45) is 0 Å². The van der Waals surface area contributed by atoms with Gasteiger partial charge in [0.05, 0.1) is 17.1 Å². The van der Waals surface area contributed by atoms with Crippen molar-refractivity contribution in [1.82, 2.24) is 10.6 Å². The Labute approximate surface area is 134 Å². The number of carbonyl (C=O) groups excluding carboxylic acids is 1. The van der Waals surface area contributed by atoms with Gasteiger partial charge in [0, 0.05) is 0 Å². The number of amides is 1. The summed E-state index contributed by atoms with van der Waals surface area (Å²) in [6.07, 6.45) is -1.62. The smallest absolute Gasteiger partial charge is 0.346 e. The van der Waals surface area contributed by atoms with Crippen LogP contribution in [0, 0.1) is 6.92 Å². The fraction of sp³-hybridized carbons (Fsp3) is 0.588. The van der Waals surface area contributed by atoms with Crippen molar-refractivity contribution in [2.45, 2.75) is 57.8 Å². The molecule has 1 heterocycles. The molecular weight excluding hydrogens is 305 g/mol. The number of nitrogens with one attached hydrogen (secondary N) is 2. The second-order valence-corrected chi connectivity index (χ2v) is 6.70. The second kappa shape index (κ2) is 6.51. The summed E-state index contributed by atoms with van der Waals surface area (Å²) in [6.45, 7) is 5.87. The van der Waals surface area contributed by atoms with Gasteiger partial charge in [-0.25, -0.2) is 0 Å². The molecular formula is C17H23F3N2O. The zero-order valence-corrected chi connectivity index (χ0v) is 13.7. The lowest BCUT2D eigenvalue weighted by atomic mass is 9.90. The van der Waals surface area contributed by atoms with Crippen LogP contribution in [0.25, 0.3) is 0 Å². The van der Waals surface area contributed by atoms with Gasteiger partial charge in [-0.05, 0) is 57.9 Å². The Balaban J connectivity index is 2.21. The molecule has 0 aliphatic carbocycles. The molecule has 1 aliphatic rings. The summed E-state index contributed by atoms with van der Waals surface area (Å²) in [5, 5.41) is 6.03. The summed E-state index contributed by atoms with van der Waals surface area (Å²) in [4.78, 5) is 12.4. The largest absolute Gasteiger partial charge is 0.416 e. The van der Waals surface area contributed by atoms with Gasteiger partial charge in [0.1, 0.15) is 0 Å². The molecule has 1 aliphatic heterocycles. The first kappa shape index (κ1) is 17.8. The molecule has 1 atom stereocenters. The Hall–Kier alpha value is -1.56. The molecule has 2 N–H and O–H groups in total. The van der Waals surface area contributed by atoms with Crippen LogP contribution in [0.5, 0.6) is 0 Å². The third-order valence-electron chi connectivity index (χ3n) is 4.19. The van der Waals surface area contributed by atoms with Crippen molar-refractivity contribution in [2.75, 3.05) is 6.54 Å². The highest BCUT2D eigenvalue weighted by molar-refractivity contribution is 5.82. The highest BCUT2D eigenvalue weighted by Gasteiger charge is 2.34. The van der Waals surface area contributed by atoms with E-state index in [1.807, 2.05) is 0 Å². The van der Waals surface area contributed by atoms with E-state index in [9.17, 15) is 18.0 Å². The lowest BCUT2D eigenvalue weighted by Crippen LogP contribution is -2.52. The first-order valence-electron chi connectivity index (χ1n) is 7.84. The highest BCUT2D eigenvalue weighted by atomic mass is 19.4. The first-order chi connectivity index (χ1) is 10.6. The van der Waals surface area contributed by atoms with Gasteiger partial charge in [0.2, 0.25) is 5.91 Å². The summed E-state index contributed by atoms with van der Waals surface area (Å²) in [6, 6.07) is 3.64. The molecule has 1 saturated heterocycles. The number of carbonyl (C=O) groups is 1. The Kier molecular flexibility index (Phi) is 5.04. The van der Waals surface area contributed by atoms with E-state index in [2.05, 4.69) is 10.6 Å². The van der Waals surface area contributed by atoms with E-state index in [0.29, 0.717) is 11.1 Å². The Morgan fingerprint density at radius 2 is 1.83 bits per heavy atom. The normalized spacial score (nSPS) is 19.5. The SMILES string of the molecule is Cc1cc(C(F)(F)F)cc(C(C)(C)NC(=O)[C@H]2CCCCN2)c1. The summed E-state index contributed by atoms with van der Waals surface area (Å²) in [7, 11) is 0. The fourth-order valence-corrected chi connectivity index (χ4v) is 2.85. The first-order valence-corrected chi connectivity index (χ1v) is 7.84. The van der Waals surface area contributed by atoms with Crippen molar-refractivity contribution in [1.29, 1.82) is 0 Å². The van der Waals surface area contributed by atoms with E-state index in [1.54, 1.807) is 26.8 Å². The van der Waals surface area contributed by atoms with Crippen LogP contribution >= 0.6 is 0 Å². The maximum Gasteiger partial charge on any atom is 0.416 e. The average molecular weight is 328 g/mol. The topological polar surface area (TPSA) is 41.1 Å². The van der Waals surface area contributed by atoms with Gasteiger partial charge < -0.3 is 10.6 Å². The van der Waals surface area contributed by atoms with Crippen LogP contribution < -0.4 is 10.6 Å². The third kappa shape index (κ3) is 4.47. The molecule has 3 nitrogen and oxygen atoms in total. The van der Waals surface area contributed by atoms with Gasteiger partial charge in [-0.3, -0.25) is 4.79 Å². The van der Waals surface area contributed by atoms with Crippen molar-refractivity contribution in [3.8, 4) is 0 Å². The molecule has 0 saturated carbocycles. The van der Waals surface area contributed by atoms with Crippen LogP contribution in [0.1, 0.15) is 49.8 Å². The lowest BCUT2D eigenvalue weighted by molar-refractivity contribution is -0.137. The summed E-state index contributed by atoms with van der Waals surface area (Å²) in [5.74, 6) is -0.162. The van der Waals surface area contributed by atoms with E-state index >= 15 is 0 Å². The van der Waals surface area contributed by atoms with Crippen LogP contribution in [0.3, 0.4) is 0 Å².